The van der Waals surface area contributed by atoms with Crippen LogP contribution in [0.15, 0.2) is 24.4 Å². The largest absolute Gasteiger partial charge is 0.385 e. The van der Waals surface area contributed by atoms with Gasteiger partial charge in [0.1, 0.15) is 5.69 Å². The number of hydrogen-bond acceptors (Lipinski definition) is 5. The molecule has 0 atom stereocenters. The fraction of sp³-hybridized carbons (Fsp3) is 0.389. The molecule has 1 amide bonds. The lowest BCUT2D eigenvalue weighted by molar-refractivity contribution is 0.102. The highest BCUT2D eigenvalue weighted by Gasteiger charge is 2.12. The second-order valence-electron chi connectivity index (χ2n) is 5.77. The number of methoxy groups -OCH3 is 1. The highest BCUT2D eigenvalue weighted by molar-refractivity contribution is 6.03. The smallest absolute Gasteiger partial charge is 0.274 e. The summed E-state index contributed by atoms with van der Waals surface area (Å²) in [5.74, 6) is 0.198. The van der Waals surface area contributed by atoms with Crippen molar-refractivity contribution < 1.29 is 9.53 Å². The maximum absolute atomic E-state index is 12.5. The van der Waals surface area contributed by atoms with E-state index in [9.17, 15) is 4.79 Å². The molecule has 0 saturated heterocycles. The third-order valence-corrected chi connectivity index (χ3v) is 3.61. The van der Waals surface area contributed by atoms with E-state index in [0.29, 0.717) is 24.8 Å². The monoisotopic (exact) mass is 328 g/mol. The van der Waals surface area contributed by atoms with Crippen molar-refractivity contribution >= 4 is 17.5 Å². The molecule has 2 aromatic rings. The lowest BCUT2D eigenvalue weighted by Crippen LogP contribution is -2.17. The Morgan fingerprint density at radius 1 is 1.21 bits per heavy atom. The van der Waals surface area contributed by atoms with Crippen molar-refractivity contribution in [3.05, 3.63) is 46.8 Å². The van der Waals surface area contributed by atoms with Crippen LogP contribution in [0.1, 0.15) is 33.6 Å². The van der Waals surface area contributed by atoms with Crippen molar-refractivity contribution in [2.24, 2.45) is 0 Å². The van der Waals surface area contributed by atoms with E-state index in [-0.39, 0.29) is 5.91 Å². The van der Waals surface area contributed by atoms with Crippen molar-refractivity contribution in [2.45, 2.75) is 27.2 Å². The van der Waals surface area contributed by atoms with Crippen LogP contribution in [0.2, 0.25) is 0 Å². The minimum Gasteiger partial charge on any atom is -0.385 e. The van der Waals surface area contributed by atoms with Crippen LogP contribution in [-0.4, -0.2) is 36.1 Å². The zero-order valence-electron chi connectivity index (χ0n) is 14.6. The molecule has 24 heavy (non-hydrogen) atoms. The first-order valence-corrected chi connectivity index (χ1v) is 7.96. The van der Waals surface area contributed by atoms with E-state index in [0.717, 1.165) is 23.2 Å². The van der Waals surface area contributed by atoms with Gasteiger partial charge in [-0.3, -0.25) is 4.79 Å². The molecule has 1 aromatic carbocycles. The van der Waals surface area contributed by atoms with E-state index in [1.165, 1.54) is 5.56 Å². The number of carbonyl (C=O) groups is 1. The van der Waals surface area contributed by atoms with Gasteiger partial charge >= 0.3 is 0 Å². The molecule has 2 rings (SSSR count). The molecule has 1 heterocycles. The number of rotatable bonds is 7. The van der Waals surface area contributed by atoms with E-state index in [4.69, 9.17) is 4.74 Å². The van der Waals surface area contributed by atoms with Gasteiger partial charge < -0.3 is 15.4 Å². The summed E-state index contributed by atoms with van der Waals surface area (Å²) in [6, 6.07) is 5.70. The first-order valence-electron chi connectivity index (χ1n) is 7.96. The minimum atomic E-state index is -0.243. The van der Waals surface area contributed by atoms with Gasteiger partial charge in [0.05, 0.1) is 0 Å². The van der Waals surface area contributed by atoms with Crippen LogP contribution in [0.5, 0.6) is 0 Å². The topological polar surface area (TPSA) is 76.1 Å². The van der Waals surface area contributed by atoms with Gasteiger partial charge in [0, 0.05) is 32.1 Å². The maximum Gasteiger partial charge on any atom is 0.274 e. The molecule has 0 radical (unpaired) electrons. The van der Waals surface area contributed by atoms with E-state index < -0.39 is 0 Å². The zero-order chi connectivity index (χ0) is 17.5. The van der Waals surface area contributed by atoms with Crippen molar-refractivity contribution in [1.82, 2.24) is 9.97 Å². The summed E-state index contributed by atoms with van der Waals surface area (Å²) in [4.78, 5) is 20.9. The Balaban J connectivity index is 2.07. The van der Waals surface area contributed by atoms with Crippen LogP contribution in [-0.2, 0) is 4.74 Å². The van der Waals surface area contributed by atoms with Crippen LogP contribution in [0.25, 0.3) is 0 Å². The number of anilines is 2. The molecule has 128 valence electrons. The fourth-order valence-electron chi connectivity index (χ4n) is 2.54. The molecule has 0 spiro atoms. The second kappa shape index (κ2) is 8.40. The first-order chi connectivity index (χ1) is 11.5. The standard InChI is InChI=1S/C18H24N4O2/c1-12-10-13(2)16(14(3)11-12)22-17(23)15-6-8-20-18(21-15)19-7-5-9-24-4/h6,8,10-11H,5,7,9H2,1-4H3,(H,22,23)(H,19,20,21). The Kier molecular flexibility index (Phi) is 6.26. The molecule has 0 fully saturated rings. The van der Waals surface area contributed by atoms with Crippen LogP contribution in [0, 0.1) is 20.8 Å². The molecule has 0 aliphatic carbocycles. The Morgan fingerprint density at radius 3 is 2.58 bits per heavy atom. The van der Waals surface area contributed by atoms with Crippen LogP contribution in [0.3, 0.4) is 0 Å². The highest BCUT2D eigenvalue weighted by atomic mass is 16.5. The summed E-state index contributed by atoms with van der Waals surface area (Å²) < 4.78 is 4.99. The average molecular weight is 328 g/mol. The van der Waals surface area contributed by atoms with Gasteiger partial charge in [-0.15, -0.1) is 0 Å². The molecule has 0 bridgehead atoms. The number of aryl methyl sites for hydroxylation is 3. The summed E-state index contributed by atoms with van der Waals surface area (Å²) in [5, 5.41) is 6.04. The molecule has 1 aromatic heterocycles. The highest BCUT2D eigenvalue weighted by Crippen LogP contribution is 2.22. The predicted molar refractivity (Wildman–Crippen MR) is 95.6 cm³/mol. The van der Waals surface area contributed by atoms with Crippen LogP contribution < -0.4 is 10.6 Å². The molecule has 2 N–H and O–H groups in total. The van der Waals surface area contributed by atoms with Crippen molar-refractivity contribution in [1.29, 1.82) is 0 Å². The summed E-state index contributed by atoms with van der Waals surface area (Å²) in [6.07, 6.45) is 2.42. The SMILES string of the molecule is COCCCNc1nccc(C(=O)Nc2c(C)cc(C)cc2C)n1. The Morgan fingerprint density at radius 2 is 1.92 bits per heavy atom. The Labute approximate surface area is 142 Å². The molecule has 6 nitrogen and oxygen atoms in total. The molecule has 0 aliphatic heterocycles. The Bertz CT molecular complexity index is 693. The third-order valence-electron chi connectivity index (χ3n) is 3.61. The number of hydrogen-bond donors (Lipinski definition) is 2. The summed E-state index contributed by atoms with van der Waals surface area (Å²) in [7, 11) is 1.66. The predicted octanol–water partition coefficient (Wildman–Crippen LogP) is 3.10. The summed E-state index contributed by atoms with van der Waals surface area (Å²) in [5.41, 5.74) is 4.41. The van der Waals surface area contributed by atoms with Gasteiger partial charge in [-0.25, -0.2) is 9.97 Å². The van der Waals surface area contributed by atoms with E-state index in [1.807, 2.05) is 32.9 Å². The quantitative estimate of drug-likeness (QED) is 0.764. The summed E-state index contributed by atoms with van der Waals surface area (Å²) >= 11 is 0. The molecule has 0 saturated carbocycles. The molecule has 0 aliphatic rings. The van der Waals surface area contributed by atoms with Gasteiger partial charge in [-0.2, -0.15) is 0 Å². The normalized spacial score (nSPS) is 10.5. The van der Waals surface area contributed by atoms with Gasteiger partial charge in [-0.05, 0) is 44.4 Å². The molecular formula is C18H24N4O2. The number of nitrogens with zero attached hydrogens (tertiary/aromatic N) is 2. The van der Waals surface area contributed by atoms with Gasteiger partial charge in [0.15, 0.2) is 0 Å². The molecular weight excluding hydrogens is 304 g/mol. The van der Waals surface area contributed by atoms with Crippen molar-refractivity contribution in [3.8, 4) is 0 Å². The van der Waals surface area contributed by atoms with E-state index in [1.54, 1.807) is 19.4 Å². The summed E-state index contributed by atoms with van der Waals surface area (Å²) in [6.45, 7) is 7.36. The lowest BCUT2D eigenvalue weighted by Gasteiger charge is -2.13. The molecule has 0 unspecified atom stereocenters. The number of aromatic nitrogens is 2. The van der Waals surface area contributed by atoms with Gasteiger partial charge in [0.25, 0.3) is 5.91 Å². The fourth-order valence-corrected chi connectivity index (χ4v) is 2.54. The van der Waals surface area contributed by atoms with Crippen LogP contribution in [0.4, 0.5) is 11.6 Å². The van der Waals surface area contributed by atoms with E-state index >= 15 is 0 Å². The van der Waals surface area contributed by atoms with Gasteiger partial charge in [-0.1, -0.05) is 17.7 Å². The van der Waals surface area contributed by atoms with Crippen LogP contribution >= 0.6 is 0 Å². The average Bonchev–Trinajstić information content (AvgIpc) is 2.55. The number of carbonyl (C=O) groups excluding carboxylic acids is 1. The number of ether oxygens (including phenoxy) is 1. The first kappa shape index (κ1) is 17.9. The number of nitrogens with one attached hydrogen (secondary N) is 2. The van der Waals surface area contributed by atoms with Crippen molar-refractivity contribution in [2.75, 3.05) is 30.9 Å². The number of benzene rings is 1. The second-order valence-corrected chi connectivity index (χ2v) is 5.77. The number of amides is 1. The van der Waals surface area contributed by atoms with Crippen molar-refractivity contribution in [3.63, 3.8) is 0 Å². The van der Waals surface area contributed by atoms with E-state index in [2.05, 4.69) is 20.6 Å². The van der Waals surface area contributed by atoms with Gasteiger partial charge in [0.2, 0.25) is 5.95 Å². The maximum atomic E-state index is 12.5. The Hall–Kier alpha value is -2.47. The third kappa shape index (κ3) is 4.76. The lowest BCUT2D eigenvalue weighted by atomic mass is 10.1. The zero-order valence-corrected chi connectivity index (χ0v) is 14.6. The molecule has 6 heteroatoms. The minimum absolute atomic E-state index is 0.243.